The minimum atomic E-state index is -1.05. The van der Waals surface area contributed by atoms with Gasteiger partial charge < -0.3 is 14.6 Å². The number of carboxylic acid groups (broad SMARTS) is 1. The molecular weight excluding hydrogens is 258 g/mol. The third kappa shape index (κ3) is 3.71. The van der Waals surface area contributed by atoms with E-state index in [0.29, 0.717) is 12.4 Å². The molecule has 0 radical (unpaired) electrons. The van der Waals surface area contributed by atoms with Crippen molar-refractivity contribution in [1.82, 2.24) is 4.98 Å². The highest BCUT2D eigenvalue weighted by Crippen LogP contribution is 2.18. The van der Waals surface area contributed by atoms with E-state index in [9.17, 15) is 4.79 Å². The van der Waals surface area contributed by atoms with E-state index < -0.39 is 5.97 Å². The maximum Gasteiger partial charge on any atom is 0.354 e. The molecule has 0 aliphatic heterocycles. The van der Waals surface area contributed by atoms with E-state index in [0.717, 1.165) is 11.3 Å². The van der Waals surface area contributed by atoms with Crippen LogP contribution in [0, 0.1) is 0 Å². The Morgan fingerprint density at radius 2 is 1.80 bits per heavy atom. The van der Waals surface area contributed by atoms with Gasteiger partial charge in [0.2, 0.25) is 0 Å². The average molecular weight is 273 g/mol. The van der Waals surface area contributed by atoms with Crippen LogP contribution in [0.25, 0.3) is 0 Å². The summed E-state index contributed by atoms with van der Waals surface area (Å²) in [6, 6.07) is 10.5. The second-order valence-corrected chi connectivity index (χ2v) is 4.05. The third-order valence-electron chi connectivity index (χ3n) is 2.58. The van der Waals surface area contributed by atoms with Crippen molar-refractivity contribution in [1.29, 1.82) is 0 Å². The van der Waals surface area contributed by atoms with Gasteiger partial charge in [-0.3, -0.25) is 0 Å². The Kier molecular flexibility index (Phi) is 4.55. The Morgan fingerprint density at radius 1 is 1.15 bits per heavy atom. The smallest absolute Gasteiger partial charge is 0.354 e. The summed E-state index contributed by atoms with van der Waals surface area (Å²) in [6.45, 7) is 2.83. The molecule has 20 heavy (non-hydrogen) atoms. The van der Waals surface area contributed by atoms with E-state index in [1.54, 1.807) is 6.07 Å². The molecule has 0 unspecified atom stereocenters. The summed E-state index contributed by atoms with van der Waals surface area (Å²) in [6.07, 6.45) is 1.46. The van der Waals surface area contributed by atoms with Crippen LogP contribution in [0.4, 0.5) is 0 Å². The van der Waals surface area contributed by atoms with Crippen molar-refractivity contribution in [3.8, 4) is 11.5 Å². The number of carbonyl (C=O) groups is 1. The minimum absolute atomic E-state index is 0.0118. The van der Waals surface area contributed by atoms with Crippen molar-refractivity contribution in [2.75, 3.05) is 6.61 Å². The maximum absolute atomic E-state index is 10.8. The number of rotatable bonds is 6. The molecule has 104 valence electrons. The van der Waals surface area contributed by atoms with E-state index in [-0.39, 0.29) is 12.3 Å². The highest BCUT2D eigenvalue weighted by molar-refractivity contribution is 5.85. The fourth-order valence-electron chi connectivity index (χ4n) is 1.65. The number of aromatic nitrogens is 1. The molecule has 0 fully saturated rings. The first-order valence-electron chi connectivity index (χ1n) is 6.23. The molecule has 5 heteroatoms. The standard InChI is InChI=1S/C15H15NO4/c1-2-19-12-3-5-13(6-4-12)20-10-11-7-8-16-14(9-11)15(17)18/h3-9H,2,10H2,1H3,(H,17,18). The van der Waals surface area contributed by atoms with Crippen molar-refractivity contribution in [3.05, 3.63) is 53.9 Å². The molecule has 0 aliphatic carbocycles. The maximum atomic E-state index is 10.8. The number of pyridine rings is 1. The number of carboxylic acids is 1. The Morgan fingerprint density at radius 3 is 2.40 bits per heavy atom. The van der Waals surface area contributed by atoms with Gasteiger partial charge in [0.05, 0.1) is 6.61 Å². The molecule has 0 bridgehead atoms. The SMILES string of the molecule is CCOc1ccc(OCc2ccnc(C(=O)O)c2)cc1. The fourth-order valence-corrected chi connectivity index (χ4v) is 1.65. The van der Waals surface area contributed by atoms with Crippen LogP contribution in [0.15, 0.2) is 42.6 Å². The van der Waals surface area contributed by atoms with E-state index >= 15 is 0 Å². The van der Waals surface area contributed by atoms with E-state index in [1.807, 2.05) is 31.2 Å². The van der Waals surface area contributed by atoms with Crippen molar-refractivity contribution in [2.24, 2.45) is 0 Å². The molecule has 0 spiro atoms. The van der Waals surface area contributed by atoms with Crippen LogP contribution in [0.2, 0.25) is 0 Å². The zero-order valence-electron chi connectivity index (χ0n) is 11.1. The third-order valence-corrected chi connectivity index (χ3v) is 2.58. The summed E-state index contributed by atoms with van der Waals surface area (Å²) < 4.78 is 10.9. The quantitative estimate of drug-likeness (QED) is 0.876. The zero-order valence-corrected chi connectivity index (χ0v) is 11.1. The molecule has 0 saturated heterocycles. The lowest BCUT2D eigenvalue weighted by molar-refractivity contribution is 0.0690. The molecule has 1 heterocycles. The molecule has 0 aliphatic rings. The Labute approximate surface area is 116 Å². The summed E-state index contributed by atoms with van der Waals surface area (Å²) in [7, 11) is 0. The molecule has 0 atom stereocenters. The van der Waals surface area contributed by atoms with Gasteiger partial charge in [0.25, 0.3) is 0 Å². The van der Waals surface area contributed by atoms with Gasteiger partial charge in [-0.25, -0.2) is 9.78 Å². The summed E-state index contributed by atoms with van der Waals surface area (Å²) in [5, 5.41) is 8.86. The van der Waals surface area contributed by atoms with Gasteiger partial charge >= 0.3 is 5.97 Å². The lowest BCUT2D eigenvalue weighted by Gasteiger charge is -2.08. The van der Waals surface area contributed by atoms with Gasteiger partial charge in [-0.15, -0.1) is 0 Å². The minimum Gasteiger partial charge on any atom is -0.494 e. The lowest BCUT2D eigenvalue weighted by Crippen LogP contribution is -2.03. The Hall–Kier alpha value is -2.56. The molecule has 0 amide bonds. The van der Waals surface area contributed by atoms with Gasteiger partial charge in [-0.05, 0) is 48.9 Å². The summed E-state index contributed by atoms with van der Waals surface area (Å²) in [5.41, 5.74) is 0.768. The predicted molar refractivity (Wildman–Crippen MR) is 73.1 cm³/mol. The van der Waals surface area contributed by atoms with E-state index in [4.69, 9.17) is 14.6 Å². The molecule has 5 nitrogen and oxygen atoms in total. The Bertz CT molecular complexity index is 581. The largest absolute Gasteiger partial charge is 0.494 e. The molecule has 1 aromatic heterocycles. The number of ether oxygens (including phenoxy) is 2. The van der Waals surface area contributed by atoms with Gasteiger partial charge in [-0.2, -0.15) is 0 Å². The topological polar surface area (TPSA) is 68.7 Å². The number of nitrogens with zero attached hydrogens (tertiary/aromatic N) is 1. The number of aromatic carboxylic acids is 1. The number of hydrogen-bond acceptors (Lipinski definition) is 4. The summed E-state index contributed by atoms with van der Waals surface area (Å²) >= 11 is 0. The van der Waals surface area contributed by atoms with Crippen molar-refractivity contribution in [2.45, 2.75) is 13.5 Å². The van der Waals surface area contributed by atoms with Gasteiger partial charge in [-0.1, -0.05) is 0 Å². The van der Waals surface area contributed by atoms with Gasteiger partial charge in [0, 0.05) is 6.20 Å². The van der Waals surface area contributed by atoms with Crippen LogP contribution in [0.1, 0.15) is 23.0 Å². The van der Waals surface area contributed by atoms with Crippen LogP contribution >= 0.6 is 0 Å². The number of benzene rings is 1. The van der Waals surface area contributed by atoms with Crippen LogP contribution < -0.4 is 9.47 Å². The normalized spacial score (nSPS) is 10.1. The lowest BCUT2D eigenvalue weighted by atomic mass is 10.2. The van der Waals surface area contributed by atoms with Crippen LogP contribution in [-0.4, -0.2) is 22.7 Å². The van der Waals surface area contributed by atoms with Gasteiger partial charge in [0.15, 0.2) is 0 Å². The highest BCUT2D eigenvalue weighted by atomic mass is 16.5. The molecule has 2 rings (SSSR count). The first-order chi connectivity index (χ1) is 9.69. The second kappa shape index (κ2) is 6.56. The Balaban J connectivity index is 1.97. The average Bonchev–Trinajstić information content (AvgIpc) is 2.47. The molecule has 0 saturated carbocycles. The fraction of sp³-hybridized carbons (Fsp3) is 0.200. The molecular formula is C15H15NO4. The monoisotopic (exact) mass is 273 g/mol. The zero-order chi connectivity index (χ0) is 14.4. The first kappa shape index (κ1) is 13.9. The van der Waals surface area contributed by atoms with Crippen LogP contribution in [0.5, 0.6) is 11.5 Å². The van der Waals surface area contributed by atoms with Crippen molar-refractivity contribution < 1.29 is 19.4 Å². The molecule has 2 aromatic rings. The van der Waals surface area contributed by atoms with E-state index in [1.165, 1.54) is 12.3 Å². The van der Waals surface area contributed by atoms with Crippen LogP contribution in [0.3, 0.4) is 0 Å². The predicted octanol–water partition coefficient (Wildman–Crippen LogP) is 2.76. The highest BCUT2D eigenvalue weighted by Gasteiger charge is 2.05. The summed E-state index contributed by atoms with van der Waals surface area (Å²) in [4.78, 5) is 14.6. The molecule has 1 N–H and O–H groups in total. The number of hydrogen-bond donors (Lipinski definition) is 1. The summed E-state index contributed by atoms with van der Waals surface area (Å²) in [5.74, 6) is 0.437. The first-order valence-corrected chi connectivity index (χ1v) is 6.23. The van der Waals surface area contributed by atoms with Crippen molar-refractivity contribution in [3.63, 3.8) is 0 Å². The van der Waals surface area contributed by atoms with Gasteiger partial charge in [0.1, 0.15) is 23.8 Å². The van der Waals surface area contributed by atoms with Crippen LogP contribution in [-0.2, 0) is 6.61 Å². The van der Waals surface area contributed by atoms with E-state index in [2.05, 4.69) is 4.98 Å². The van der Waals surface area contributed by atoms with Crippen molar-refractivity contribution >= 4 is 5.97 Å². The second-order valence-electron chi connectivity index (χ2n) is 4.05. The molecule has 1 aromatic carbocycles.